The van der Waals surface area contributed by atoms with E-state index in [2.05, 4.69) is 15.6 Å². The quantitative estimate of drug-likeness (QED) is 0.499. The van der Waals surface area contributed by atoms with Crippen LogP contribution in [0.2, 0.25) is 0 Å². The van der Waals surface area contributed by atoms with Crippen molar-refractivity contribution in [2.75, 3.05) is 10.6 Å². The first-order valence-corrected chi connectivity index (χ1v) is 10.4. The van der Waals surface area contributed by atoms with Crippen LogP contribution in [0.1, 0.15) is 30.6 Å². The summed E-state index contributed by atoms with van der Waals surface area (Å²) in [5, 5.41) is 5.33. The molecule has 0 aliphatic carbocycles. The molecule has 2 amide bonds. The summed E-state index contributed by atoms with van der Waals surface area (Å²) in [5.74, 6) is 0.349. The Labute approximate surface area is 175 Å². The molecule has 148 valence electrons. The van der Waals surface area contributed by atoms with Crippen LogP contribution in [0.5, 0.6) is 0 Å². The van der Waals surface area contributed by atoms with Crippen LogP contribution >= 0.6 is 11.8 Å². The molecule has 6 heteroatoms. The molecule has 0 saturated carbocycles. The number of pyridine rings is 1. The number of amides is 2. The molecule has 5 nitrogen and oxygen atoms in total. The first-order chi connectivity index (χ1) is 14.2. The maximum Gasteiger partial charge on any atom is 0.243 e. The number of carbonyl (C=O) groups is 2. The monoisotopic (exact) mass is 405 g/mol. The van der Waals surface area contributed by atoms with Gasteiger partial charge in [0.2, 0.25) is 11.8 Å². The van der Waals surface area contributed by atoms with Gasteiger partial charge < -0.3 is 10.6 Å². The van der Waals surface area contributed by atoms with E-state index in [0.717, 1.165) is 22.6 Å². The number of nitrogens with zero attached hydrogens (tertiary/aromatic N) is 1. The number of hydrogen-bond donors (Lipinski definition) is 2. The highest BCUT2D eigenvalue weighted by atomic mass is 32.2. The van der Waals surface area contributed by atoms with E-state index in [9.17, 15) is 9.59 Å². The fraction of sp³-hybridized carbons (Fsp3) is 0.174. The zero-order valence-electron chi connectivity index (χ0n) is 16.2. The molecule has 0 aliphatic heterocycles. The molecule has 1 atom stereocenters. The van der Waals surface area contributed by atoms with Crippen LogP contribution in [-0.2, 0) is 9.59 Å². The van der Waals surface area contributed by atoms with Crippen molar-refractivity contribution >= 4 is 35.1 Å². The van der Waals surface area contributed by atoms with Gasteiger partial charge in [0.25, 0.3) is 0 Å². The Morgan fingerprint density at radius 2 is 1.76 bits per heavy atom. The number of nitrogens with one attached hydrogen (secondary N) is 2. The van der Waals surface area contributed by atoms with Crippen LogP contribution in [0.25, 0.3) is 0 Å². The highest BCUT2D eigenvalue weighted by molar-refractivity contribution is 8.00. The molecule has 0 spiro atoms. The Kier molecular flexibility index (Phi) is 7.41. The minimum Gasteiger partial charge on any atom is -0.326 e. The summed E-state index contributed by atoms with van der Waals surface area (Å²) in [5.41, 5.74) is 1.62. The molecule has 29 heavy (non-hydrogen) atoms. The van der Waals surface area contributed by atoms with Crippen LogP contribution < -0.4 is 10.6 Å². The van der Waals surface area contributed by atoms with Crippen LogP contribution in [-0.4, -0.2) is 16.8 Å². The largest absolute Gasteiger partial charge is 0.326 e. The molecule has 1 heterocycles. The average Bonchev–Trinajstić information content (AvgIpc) is 2.74. The second-order valence-electron chi connectivity index (χ2n) is 6.44. The van der Waals surface area contributed by atoms with Gasteiger partial charge in [-0.15, -0.1) is 11.8 Å². The van der Waals surface area contributed by atoms with Crippen molar-refractivity contribution < 1.29 is 9.59 Å². The van der Waals surface area contributed by atoms with Crippen molar-refractivity contribution in [2.45, 2.75) is 29.9 Å². The van der Waals surface area contributed by atoms with Crippen LogP contribution in [0.15, 0.2) is 83.9 Å². The van der Waals surface area contributed by atoms with Gasteiger partial charge in [0.05, 0.1) is 0 Å². The highest BCUT2D eigenvalue weighted by Gasteiger charge is 2.22. The van der Waals surface area contributed by atoms with E-state index in [-0.39, 0.29) is 11.8 Å². The fourth-order valence-electron chi connectivity index (χ4n) is 2.76. The van der Waals surface area contributed by atoms with Gasteiger partial charge in [-0.3, -0.25) is 9.59 Å². The Balaban J connectivity index is 1.80. The van der Waals surface area contributed by atoms with Gasteiger partial charge >= 0.3 is 0 Å². The van der Waals surface area contributed by atoms with Crippen molar-refractivity contribution in [3.63, 3.8) is 0 Å². The third-order valence-electron chi connectivity index (χ3n) is 4.11. The molecule has 1 aromatic heterocycles. The molecule has 2 N–H and O–H groups in total. The fourth-order valence-corrected chi connectivity index (χ4v) is 3.85. The van der Waals surface area contributed by atoms with Crippen molar-refractivity contribution in [1.82, 2.24) is 4.98 Å². The number of benzene rings is 2. The van der Waals surface area contributed by atoms with Crippen molar-refractivity contribution in [1.29, 1.82) is 0 Å². The first-order valence-electron chi connectivity index (χ1n) is 9.49. The molecule has 3 rings (SSSR count). The smallest absolute Gasteiger partial charge is 0.243 e. The summed E-state index contributed by atoms with van der Waals surface area (Å²) in [6.07, 6.45) is 2.92. The van der Waals surface area contributed by atoms with Crippen LogP contribution in [0, 0.1) is 0 Å². The van der Waals surface area contributed by atoms with Crippen LogP contribution in [0.3, 0.4) is 0 Å². The lowest BCUT2D eigenvalue weighted by atomic mass is 10.1. The Bertz CT molecular complexity index is 949. The lowest BCUT2D eigenvalue weighted by molar-refractivity contribution is -0.116. The summed E-state index contributed by atoms with van der Waals surface area (Å²) in [7, 11) is 0. The number of anilines is 2. The van der Waals surface area contributed by atoms with Gasteiger partial charge in [-0.05, 0) is 42.3 Å². The van der Waals surface area contributed by atoms with E-state index in [4.69, 9.17) is 0 Å². The van der Waals surface area contributed by atoms with E-state index in [1.165, 1.54) is 11.8 Å². The third kappa shape index (κ3) is 6.19. The van der Waals surface area contributed by atoms with E-state index in [0.29, 0.717) is 12.2 Å². The predicted molar refractivity (Wildman–Crippen MR) is 118 cm³/mol. The summed E-state index contributed by atoms with van der Waals surface area (Å²) >= 11 is 1.43. The van der Waals surface area contributed by atoms with Gasteiger partial charge in [-0.25, -0.2) is 4.98 Å². The molecule has 0 aliphatic rings. The van der Waals surface area contributed by atoms with Crippen molar-refractivity contribution in [3.05, 3.63) is 84.6 Å². The summed E-state index contributed by atoms with van der Waals surface area (Å²) in [6.45, 7) is 1.97. The summed E-state index contributed by atoms with van der Waals surface area (Å²) in [6, 6.07) is 22.6. The molecule has 3 aromatic rings. The lowest BCUT2D eigenvalue weighted by Gasteiger charge is -2.17. The summed E-state index contributed by atoms with van der Waals surface area (Å²) in [4.78, 5) is 30.0. The molecular formula is C23H23N3O2S. The number of thioether (sulfide) groups is 1. The SMILES string of the molecule is CCCC(=O)Nc1cccc(SC(C(=O)Nc2ccccn2)c2ccccc2)c1. The molecule has 0 saturated heterocycles. The second-order valence-corrected chi connectivity index (χ2v) is 7.62. The van der Waals surface area contributed by atoms with E-state index in [1.54, 1.807) is 18.3 Å². The molecule has 0 bridgehead atoms. The van der Waals surface area contributed by atoms with Crippen molar-refractivity contribution in [2.24, 2.45) is 0 Å². The minimum atomic E-state index is -0.459. The number of aromatic nitrogens is 1. The predicted octanol–water partition coefficient (Wildman–Crippen LogP) is 5.29. The first kappa shape index (κ1) is 20.6. The molecular weight excluding hydrogens is 382 g/mol. The standard InChI is InChI=1S/C23H23N3O2S/c1-2-9-21(27)25-18-12-8-13-19(16-18)29-22(17-10-4-3-5-11-17)23(28)26-20-14-6-7-15-24-20/h3-8,10-16,22H,2,9H2,1H3,(H,25,27)(H,24,26,28). The minimum absolute atomic E-state index is 0.0119. The van der Waals surface area contributed by atoms with Gasteiger partial charge in [-0.2, -0.15) is 0 Å². The second kappa shape index (κ2) is 10.4. The Hall–Kier alpha value is -3.12. The normalized spacial score (nSPS) is 11.5. The van der Waals surface area contributed by atoms with E-state index < -0.39 is 5.25 Å². The molecule has 0 radical (unpaired) electrons. The highest BCUT2D eigenvalue weighted by Crippen LogP contribution is 2.37. The average molecular weight is 406 g/mol. The number of rotatable bonds is 8. The number of carbonyl (C=O) groups excluding carboxylic acids is 2. The number of hydrogen-bond acceptors (Lipinski definition) is 4. The van der Waals surface area contributed by atoms with Crippen LogP contribution in [0.4, 0.5) is 11.5 Å². The van der Waals surface area contributed by atoms with Gasteiger partial charge in [0, 0.05) is 23.2 Å². The van der Waals surface area contributed by atoms with Gasteiger partial charge in [0.1, 0.15) is 11.1 Å². The third-order valence-corrected chi connectivity index (χ3v) is 5.35. The zero-order valence-corrected chi connectivity index (χ0v) is 17.0. The summed E-state index contributed by atoms with van der Waals surface area (Å²) < 4.78 is 0. The van der Waals surface area contributed by atoms with E-state index >= 15 is 0 Å². The molecule has 1 unspecified atom stereocenters. The maximum atomic E-state index is 13.0. The van der Waals surface area contributed by atoms with Gasteiger partial charge in [0.15, 0.2) is 0 Å². The van der Waals surface area contributed by atoms with E-state index in [1.807, 2.05) is 67.6 Å². The maximum absolute atomic E-state index is 13.0. The Morgan fingerprint density at radius 1 is 0.966 bits per heavy atom. The van der Waals surface area contributed by atoms with Crippen molar-refractivity contribution in [3.8, 4) is 0 Å². The lowest BCUT2D eigenvalue weighted by Crippen LogP contribution is -2.19. The van der Waals surface area contributed by atoms with Gasteiger partial charge in [-0.1, -0.05) is 49.4 Å². The molecule has 0 fully saturated rings. The zero-order chi connectivity index (χ0) is 20.5. The Morgan fingerprint density at radius 3 is 2.48 bits per heavy atom. The topological polar surface area (TPSA) is 71.1 Å². The molecule has 2 aromatic carbocycles.